The monoisotopic (exact) mass is 291 g/mol. The largest absolute Gasteiger partial charge is 0.360 e. The molecule has 2 N–H and O–H groups in total. The molecule has 1 aromatic heterocycles. The number of benzene rings is 2. The van der Waals surface area contributed by atoms with Gasteiger partial charge in [0, 0.05) is 41.7 Å². The Morgan fingerprint density at radius 3 is 2.73 bits per heavy atom. The van der Waals surface area contributed by atoms with E-state index in [4.69, 9.17) is 0 Å². The van der Waals surface area contributed by atoms with Crippen LogP contribution in [-0.4, -0.2) is 24.0 Å². The summed E-state index contributed by atoms with van der Waals surface area (Å²) in [7, 11) is 1.78. The van der Waals surface area contributed by atoms with Crippen molar-refractivity contribution in [3.63, 3.8) is 0 Å². The van der Waals surface area contributed by atoms with Crippen LogP contribution in [0, 0.1) is 0 Å². The lowest BCUT2D eigenvalue weighted by molar-refractivity contribution is 0.112. The number of rotatable bonds is 5. The molecule has 4 nitrogen and oxygen atoms in total. The molecule has 0 aliphatic carbocycles. The molecule has 0 spiro atoms. The molecule has 0 atom stereocenters. The maximum atomic E-state index is 11.3. The minimum Gasteiger partial charge on any atom is -0.360 e. The third kappa shape index (κ3) is 2.63. The summed E-state index contributed by atoms with van der Waals surface area (Å²) in [5.41, 5.74) is 7.50. The summed E-state index contributed by atoms with van der Waals surface area (Å²) in [6.07, 6.45) is 3.50. The zero-order valence-corrected chi connectivity index (χ0v) is 12.3. The maximum absolute atomic E-state index is 11.3. The number of hydrogen-bond acceptors (Lipinski definition) is 3. The van der Waals surface area contributed by atoms with Crippen molar-refractivity contribution in [1.29, 1.82) is 0 Å². The number of carbonyl (C=O) groups excluding carboxylic acids is 1. The second-order valence-corrected chi connectivity index (χ2v) is 5.03. The van der Waals surface area contributed by atoms with Crippen LogP contribution in [0.4, 0.5) is 0 Å². The molecule has 0 aliphatic rings. The van der Waals surface area contributed by atoms with Crippen molar-refractivity contribution in [2.75, 3.05) is 7.05 Å². The predicted molar refractivity (Wildman–Crippen MR) is 89.4 cm³/mol. The highest BCUT2D eigenvalue weighted by atomic mass is 16.1. The van der Waals surface area contributed by atoms with Gasteiger partial charge in [-0.05, 0) is 11.6 Å². The van der Waals surface area contributed by atoms with Crippen LogP contribution in [0.25, 0.3) is 10.9 Å². The standard InChI is InChI=1S/C18H17N3O/c1-19-21-17(10-13-6-3-2-4-7-13)15-11-20-16-9-5-8-14(12-22)18(15)16/h2-9,11-12,19-20H,10H2,1H3/b21-17-. The average Bonchev–Trinajstić information content (AvgIpc) is 2.99. The van der Waals surface area contributed by atoms with Crippen LogP contribution >= 0.6 is 0 Å². The molecule has 0 radical (unpaired) electrons. The summed E-state index contributed by atoms with van der Waals surface area (Å²) in [6, 6.07) is 15.8. The molecule has 110 valence electrons. The summed E-state index contributed by atoms with van der Waals surface area (Å²) in [5.74, 6) is 0. The van der Waals surface area contributed by atoms with Gasteiger partial charge in [-0.1, -0.05) is 42.5 Å². The van der Waals surface area contributed by atoms with Crippen molar-refractivity contribution in [1.82, 2.24) is 10.4 Å². The van der Waals surface area contributed by atoms with Gasteiger partial charge in [0.25, 0.3) is 0 Å². The van der Waals surface area contributed by atoms with Crippen LogP contribution in [0.2, 0.25) is 0 Å². The van der Waals surface area contributed by atoms with Crippen LogP contribution in [0.5, 0.6) is 0 Å². The van der Waals surface area contributed by atoms with Gasteiger partial charge in [-0.15, -0.1) is 0 Å². The smallest absolute Gasteiger partial charge is 0.150 e. The van der Waals surface area contributed by atoms with E-state index in [9.17, 15) is 4.79 Å². The molecule has 0 unspecified atom stereocenters. The van der Waals surface area contributed by atoms with Gasteiger partial charge >= 0.3 is 0 Å². The van der Waals surface area contributed by atoms with E-state index < -0.39 is 0 Å². The molecule has 22 heavy (non-hydrogen) atoms. The van der Waals surface area contributed by atoms with Crippen molar-refractivity contribution in [3.8, 4) is 0 Å². The summed E-state index contributed by atoms with van der Waals surface area (Å²) in [4.78, 5) is 14.6. The van der Waals surface area contributed by atoms with E-state index in [-0.39, 0.29) is 0 Å². The van der Waals surface area contributed by atoms with Crippen molar-refractivity contribution in [2.24, 2.45) is 5.10 Å². The van der Waals surface area contributed by atoms with Crippen molar-refractivity contribution in [3.05, 3.63) is 71.4 Å². The Kier molecular flexibility index (Phi) is 4.01. The Bertz CT molecular complexity index is 819. The number of aromatic nitrogens is 1. The molecule has 3 aromatic rings. The highest BCUT2D eigenvalue weighted by Gasteiger charge is 2.14. The third-order valence-corrected chi connectivity index (χ3v) is 3.64. The zero-order valence-electron chi connectivity index (χ0n) is 12.3. The number of aldehydes is 1. The van der Waals surface area contributed by atoms with Gasteiger partial charge < -0.3 is 10.4 Å². The van der Waals surface area contributed by atoms with E-state index in [0.717, 1.165) is 28.5 Å². The molecular weight excluding hydrogens is 274 g/mol. The minimum atomic E-state index is 0.672. The number of nitrogens with one attached hydrogen (secondary N) is 2. The quantitative estimate of drug-likeness (QED) is 0.431. The highest BCUT2D eigenvalue weighted by molar-refractivity contribution is 6.15. The summed E-state index contributed by atoms with van der Waals surface area (Å²) < 4.78 is 0. The van der Waals surface area contributed by atoms with Gasteiger partial charge in [0.15, 0.2) is 6.29 Å². The van der Waals surface area contributed by atoms with Gasteiger partial charge in [-0.3, -0.25) is 4.79 Å². The van der Waals surface area contributed by atoms with Gasteiger partial charge in [-0.25, -0.2) is 0 Å². The molecular formula is C18H17N3O. The lowest BCUT2D eigenvalue weighted by Gasteiger charge is -2.07. The van der Waals surface area contributed by atoms with E-state index >= 15 is 0 Å². The molecule has 0 saturated heterocycles. The number of hydrogen-bond donors (Lipinski definition) is 2. The molecule has 1 heterocycles. The van der Waals surface area contributed by atoms with Crippen LogP contribution in [0.15, 0.2) is 59.8 Å². The van der Waals surface area contributed by atoms with Crippen molar-refractivity contribution < 1.29 is 4.79 Å². The van der Waals surface area contributed by atoms with E-state index in [1.165, 1.54) is 5.56 Å². The molecule has 0 fully saturated rings. The molecule has 0 aliphatic heterocycles. The summed E-state index contributed by atoms with van der Waals surface area (Å²) >= 11 is 0. The first-order valence-electron chi connectivity index (χ1n) is 7.16. The SMILES string of the molecule is CN/N=C(/Cc1ccccc1)c1c[nH]c2cccc(C=O)c12. The molecule has 0 amide bonds. The van der Waals surface area contributed by atoms with Crippen LogP contribution in [0.1, 0.15) is 21.5 Å². The molecule has 4 heteroatoms. The highest BCUT2D eigenvalue weighted by Crippen LogP contribution is 2.23. The van der Waals surface area contributed by atoms with Gasteiger partial charge in [0.1, 0.15) is 0 Å². The second-order valence-electron chi connectivity index (χ2n) is 5.03. The maximum Gasteiger partial charge on any atom is 0.150 e. The predicted octanol–water partition coefficient (Wildman–Crippen LogP) is 3.15. The average molecular weight is 291 g/mol. The number of aromatic amines is 1. The minimum absolute atomic E-state index is 0.672. The van der Waals surface area contributed by atoms with Gasteiger partial charge in [0.05, 0.1) is 5.71 Å². The van der Waals surface area contributed by atoms with Crippen LogP contribution < -0.4 is 5.43 Å². The first kappa shape index (κ1) is 14.1. The fraction of sp³-hybridized carbons (Fsp3) is 0.111. The topological polar surface area (TPSA) is 57.2 Å². The molecule has 3 rings (SSSR count). The first-order chi connectivity index (χ1) is 10.8. The summed E-state index contributed by atoms with van der Waals surface area (Å²) in [5, 5.41) is 5.34. The Hall–Kier alpha value is -2.88. The van der Waals surface area contributed by atoms with E-state index in [1.807, 2.05) is 42.6 Å². The lowest BCUT2D eigenvalue weighted by atomic mass is 9.99. The van der Waals surface area contributed by atoms with Crippen molar-refractivity contribution in [2.45, 2.75) is 6.42 Å². The van der Waals surface area contributed by atoms with E-state index in [2.05, 4.69) is 27.6 Å². The number of hydrazone groups is 1. The zero-order chi connectivity index (χ0) is 15.4. The summed E-state index contributed by atoms with van der Waals surface area (Å²) in [6.45, 7) is 0. The van der Waals surface area contributed by atoms with Gasteiger partial charge in [-0.2, -0.15) is 5.10 Å². The fourth-order valence-electron chi connectivity index (χ4n) is 2.66. The number of nitrogens with zero attached hydrogens (tertiary/aromatic N) is 1. The lowest BCUT2D eigenvalue weighted by Crippen LogP contribution is -2.10. The van der Waals surface area contributed by atoms with Crippen molar-refractivity contribution >= 4 is 22.9 Å². The molecule has 0 saturated carbocycles. The fourth-order valence-corrected chi connectivity index (χ4v) is 2.66. The molecule has 0 bridgehead atoms. The number of H-pyrrole nitrogens is 1. The van der Waals surface area contributed by atoms with Crippen LogP contribution in [0.3, 0.4) is 0 Å². The Labute approximate surface area is 128 Å². The van der Waals surface area contributed by atoms with Gasteiger partial charge in [0.2, 0.25) is 0 Å². The molecule has 2 aromatic carbocycles. The number of carbonyl (C=O) groups is 1. The first-order valence-corrected chi connectivity index (χ1v) is 7.16. The van der Waals surface area contributed by atoms with Crippen LogP contribution in [-0.2, 0) is 6.42 Å². The Morgan fingerprint density at radius 1 is 1.18 bits per heavy atom. The van der Waals surface area contributed by atoms with E-state index in [1.54, 1.807) is 7.05 Å². The normalized spacial score (nSPS) is 11.6. The number of fused-ring (bicyclic) bond motifs is 1. The van der Waals surface area contributed by atoms with E-state index in [0.29, 0.717) is 12.0 Å². The second kappa shape index (κ2) is 6.26. The Balaban J connectivity index is 2.10. The Morgan fingerprint density at radius 2 is 2.00 bits per heavy atom. The third-order valence-electron chi connectivity index (χ3n) is 3.64.